The number of rotatable bonds is 9. The van der Waals surface area contributed by atoms with Gasteiger partial charge in [-0.25, -0.2) is 0 Å². The van der Waals surface area contributed by atoms with Crippen LogP contribution < -0.4 is 5.32 Å². The molecule has 1 aliphatic rings. The second kappa shape index (κ2) is 9.90. The fraction of sp³-hybridized carbons (Fsp3) is 1.00. The van der Waals surface area contributed by atoms with Crippen LogP contribution in [0, 0.1) is 5.92 Å². The van der Waals surface area contributed by atoms with Crippen LogP contribution >= 0.6 is 0 Å². The molecular weight excluding hydrogens is 208 g/mol. The highest BCUT2D eigenvalue weighted by molar-refractivity contribution is 4.71. The summed E-state index contributed by atoms with van der Waals surface area (Å²) in [6.07, 6.45) is 11.2. The van der Waals surface area contributed by atoms with Crippen molar-refractivity contribution >= 4 is 0 Å². The van der Waals surface area contributed by atoms with Crippen molar-refractivity contribution in [3.63, 3.8) is 0 Å². The third-order valence-corrected chi connectivity index (χ3v) is 3.98. The molecule has 0 radical (unpaired) electrons. The maximum absolute atomic E-state index is 3.64. The molecule has 0 spiro atoms. The van der Waals surface area contributed by atoms with Crippen molar-refractivity contribution in [1.29, 1.82) is 0 Å². The number of unbranched alkanes of at least 4 members (excludes halogenated alkanes) is 5. The molecule has 0 unspecified atom stereocenters. The van der Waals surface area contributed by atoms with Crippen molar-refractivity contribution in [3.05, 3.63) is 0 Å². The Labute approximate surface area is 108 Å². The van der Waals surface area contributed by atoms with Crippen molar-refractivity contribution in [2.24, 2.45) is 5.92 Å². The Hall–Kier alpha value is -0.0800. The molecule has 1 aliphatic heterocycles. The summed E-state index contributed by atoms with van der Waals surface area (Å²) in [6.45, 7) is 7.36. The quantitative estimate of drug-likeness (QED) is 0.622. The summed E-state index contributed by atoms with van der Waals surface area (Å²) in [5.41, 5.74) is 0. The van der Waals surface area contributed by atoms with E-state index >= 15 is 0 Å². The molecule has 1 fully saturated rings. The zero-order valence-electron chi connectivity index (χ0n) is 12.0. The van der Waals surface area contributed by atoms with Gasteiger partial charge in [-0.3, -0.25) is 0 Å². The van der Waals surface area contributed by atoms with E-state index in [4.69, 9.17) is 0 Å². The number of nitrogens with one attached hydrogen (secondary N) is 1. The molecule has 102 valence electrons. The number of likely N-dealkylation sites (tertiary alicyclic amines) is 1. The van der Waals surface area contributed by atoms with Gasteiger partial charge < -0.3 is 10.2 Å². The smallest absolute Gasteiger partial charge is 0.00187 e. The lowest BCUT2D eigenvalue weighted by Crippen LogP contribution is -2.35. The second-order valence-electron chi connectivity index (χ2n) is 5.72. The van der Waals surface area contributed by atoms with Gasteiger partial charge in [-0.1, -0.05) is 39.0 Å². The van der Waals surface area contributed by atoms with E-state index in [-0.39, 0.29) is 0 Å². The highest BCUT2D eigenvalue weighted by Gasteiger charge is 2.15. The maximum Gasteiger partial charge on any atom is -0.00187 e. The summed E-state index contributed by atoms with van der Waals surface area (Å²) in [5.74, 6) is 0.936. The van der Waals surface area contributed by atoms with E-state index in [2.05, 4.69) is 24.2 Å². The van der Waals surface area contributed by atoms with Crippen LogP contribution in [0.4, 0.5) is 0 Å². The van der Waals surface area contributed by atoms with Gasteiger partial charge in [-0.15, -0.1) is 0 Å². The van der Waals surface area contributed by atoms with Crippen LogP contribution in [0.1, 0.15) is 58.3 Å². The zero-order valence-corrected chi connectivity index (χ0v) is 12.0. The Balaban J connectivity index is 1.81. The monoisotopic (exact) mass is 240 g/mol. The van der Waals surface area contributed by atoms with Gasteiger partial charge in [-0.2, -0.15) is 0 Å². The lowest BCUT2D eigenvalue weighted by molar-refractivity contribution is 0.216. The van der Waals surface area contributed by atoms with Gasteiger partial charge in [0.05, 0.1) is 0 Å². The van der Waals surface area contributed by atoms with Gasteiger partial charge in [0.25, 0.3) is 0 Å². The second-order valence-corrected chi connectivity index (χ2v) is 5.72. The standard InChI is InChI=1S/C15H32N2/c1-3-4-5-6-7-8-11-16-14-15-9-12-17(2)13-10-15/h15-16H,3-14H2,1-2H3. The number of hydrogen-bond donors (Lipinski definition) is 1. The molecule has 1 rings (SSSR count). The van der Waals surface area contributed by atoms with Gasteiger partial charge in [0.1, 0.15) is 0 Å². The highest BCUT2D eigenvalue weighted by atomic mass is 15.1. The minimum Gasteiger partial charge on any atom is -0.316 e. The number of nitrogens with zero attached hydrogens (tertiary/aromatic N) is 1. The van der Waals surface area contributed by atoms with Crippen LogP contribution in [0.15, 0.2) is 0 Å². The number of piperidine rings is 1. The predicted molar refractivity (Wildman–Crippen MR) is 76.5 cm³/mol. The average Bonchev–Trinajstić information content (AvgIpc) is 2.35. The molecule has 0 aromatic carbocycles. The molecule has 2 nitrogen and oxygen atoms in total. The van der Waals surface area contributed by atoms with Crippen LogP contribution in [0.5, 0.6) is 0 Å². The molecule has 1 saturated heterocycles. The summed E-state index contributed by atoms with van der Waals surface area (Å²) in [7, 11) is 2.24. The molecule has 0 aromatic heterocycles. The fourth-order valence-electron chi connectivity index (χ4n) is 2.60. The van der Waals surface area contributed by atoms with Gasteiger partial charge >= 0.3 is 0 Å². The van der Waals surface area contributed by atoms with Crippen LogP contribution in [-0.2, 0) is 0 Å². The van der Waals surface area contributed by atoms with Crippen LogP contribution in [-0.4, -0.2) is 38.1 Å². The minimum absolute atomic E-state index is 0.936. The van der Waals surface area contributed by atoms with Gasteiger partial charge in [0.2, 0.25) is 0 Å². The van der Waals surface area contributed by atoms with Crippen molar-refractivity contribution in [2.75, 3.05) is 33.2 Å². The molecule has 2 heteroatoms. The van der Waals surface area contributed by atoms with E-state index in [0.29, 0.717) is 0 Å². The summed E-state index contributed by atoms with van der Waals surface area (Å²) >= 11 is 0. The van der Waals surface area contributed by atoms with Crippen molar-refractivity contribution in [1.82, 2.24) is 10.2 Å². The highest BCUT2D eigenvalue weighted by Crippen LogP contribution is 2.14. The molecular formula is C15H32N2. The minimum atomic E-state index is 0.936. The first-order chi connectivity index (χ1) is 8.33. The molecule has 0 aliphatic carbocycles. The Morgan fingerprint density at radius 1 is 1.00 bits per heavy atom. The van der Waals surface area contributed by atoms with Crippen LogP contribution in [0.25, 0.3) is 0 Å². The van der Waals surface area contributed by atoms with Crippen LogP contribution in [0.3, 0.4) is 0 Å². The number of hydrogen-bond acceptors (Lipinski definition) is 2. The van der Waals surface area contributed by atoms with E-state index in [0.717, 1.165) is 5.92 Å². The van der Waals surface area contributed by atoms with E-state index < -0.39 is 0 Å². The molecule has 1 N–H and O–H groups in total. The summed E-state index contributed by atoms with van der Waals surface area (Å²) < 4.78 is 0. The lowest BCUT2D eigenvalue weighted by Gasteiger charge is -2.29. The first-order valence-electron chi connectivity index (χ1n) is 7.72. The van der Waals surface area contributed by atoms with Crippen molar-refractivity contribution < 1.29 is 0 Å². The average molecular weight is 240 g/mol. The van der Waals surface area contributed by atoms with Crippen LogP contribution in [0.2, 0.25) is 0 Å². The Morgan fingerprint density at radius 3 is 2.35 bits per heavy atom. The lowest BCUT2D eigenvalue weighted by atomic mass is 9.97. The topological polar surface area (TPSA) is 15.3 Å². The fourth-order valence-corrected chi connectivity index (χ4v) is 2.60. The molecule has 1 heterocycles. The molecule has 0 saturated carbocycles. The Kier molecular flexibility index (Phi) is 8.72. The van der Waals surface area contributed by atoms with E-state index in [9.17, 15) is 0 Å². The first-order valence-corrected chi connectivity index (χ1v) is 7.72. The van der Waals surface area contributed by atoms with E-state index in [1.807, 2.05) is 0 Å². The van der Waals surface area contributed by atoms with E-state index in [1.165, 1.54) is 77.5 Å². The van der Waals surface area contributed by atoms with Crippen molar-refractivity contribution in [2.45, 2.75) is 58.3 Å². The van der Waals surface area contributed by atoms with E-state index in [1.54, 1.807) is 0 Å². The summed E-state index contributed by atoms with van der Waals surface area (Å²) in [5, 5.41) is 3.64. The van der Waals surface area contributed by atoms with Gasteiger partial charge in [0, 0.05) is 0 Å². The third-order valence-electron chi connectivity index (χ3n) is 3.98. The SMILES string of the molecule is CCCCCCCCNCC1CCN(C)CC1. The molecule has 0 bridgehead atoms. The Morgan fingerprint density at radius 2 is 1.65 bits per heavy atom. The third kappa shape index (κ3) is 7.77. The summed E-state index contributed by atoms with van der Waals surface area (Å²) in [6, 6.07) is 0. The van der Waals surface area contributed by atoms with Gasteiger partial charge in [0.15, 0.2) is 0 Å². The molecule has 0 amide bonds. The first kappa shape index (κ1) is 15.0. The van der Waals surface area contributed by atoms with Crippen molar-refractivity contribution in [3.8, 4) is 0 Å². The molecule has 0 atom stereocenters. The molecule has 0 aromatic rings. The normalized spacial score (nSPS) is 18.7. The van der Waals surface area contributed by atoms with Gasteiger partial charge in [-0.05, 0) is 58.4 Å². The Bertz CT molecular complexity index is 162. The maximum atomic E-state index is 3.64. The zero-order chi connectivity index (χ0) is 12.3. The predicted octanol–water partition coefficient (Wildman–Crippen LogP) is 3.28. The summed E-state index contributed by atoms with van der Waals surface area (Å²) in [4.78, 5) is 2.45. The molecule has 17 heavy (non-hydrogen) atoms. The largest absolute Gasteiger partial charge is 0.316 e.